The lowest BCUT2D eigenvalue weighted by atomic mass is 9.79. The molecule has 0 aliphatic carbocycles. The molecule has 2 aromatic rings. The van der Waals surface area contributed by atoms with Gasteiger partial charge in [0.2, 0.25) is 11.8 Å². The van der Waals surface area contributed by atoms with E-state index in [2.05, 4.69) is 5.10 Å². The van der Waals surface area contributed by atoms with Gasteiger partial charge in [0.25, 0.3) is 0 Å². The van der Waals surface area contributed by atoms with Crippen molar-refractivity contribution < 1.29 is 23.9 Å². The molecule has 0 unspecified atom stereocenters. The van der Waals surface area contributed by atoms with Crippen LogP contribution in [0.25, 0.3) is 0 Å². The number of esters is 1. The van der Waals surface area contributed by atoms with Crippen LogP contribution in [0.4, 0.5) is 5.69 Å². The number of imide groups is 1. The van der Waals surface area contributed by atoms with Crippen molar-refractivity contribution in [3.63, 3.8) is 0 Å². The van der Waals surface area contributed by atoms with Gasteiger partial charge in [-0.15, -0.1) is 0 Å². The number of fused-ring (bicyclic) bond motifs is 5. The standard InChI is InChI=1S/C26H25N3O5/c1-26(2,3)22(30)21-19-18(20-15-10-6-5-9-14(15)13-27-29(20)21)23(31)28(24(19)32)17-12-8-7-11-16(17)25(33)34-4/h5-13,18-21H,1-4H3/t18-,19+,20+,21+/m0/s1. The molecule has 0 spiro atoms. The molecule has 5 rings (SSSR count). The van der Waals surface area contributed by atoms with E-state index in [4.69, 9.17) is 4.74 Å². The van der Waals surface area contributed by atoms with E-state index in [1.54, 1.807) is 50.2 Å². The zero-order chi connectivity index (χ0) is 24.4. The van der Waals surface area contributed by atoms with Crippen LogP contribution in [0.3, 0.4) is 0 Å². The van der Waals surface area contributed by atoms with Gasteiger partial charge in [-0.1, -0.05) is 57.2 Å². The molecule has 2 fully saturated rings. The summed E-state index contributed by atoms with van der Waals surface area (Å²) in [4.78, 5) is 54.9. The summed E-state index contributed by atoms with van der Waals surface area (Å²) >= 11 is 0. The van der Waals surface area contributed by atoms with Crippen molar-refractivity contribution in [3.05, 3.63) is 65.2 Å². The third-order valence-corrected chi connectivity index (χ3v) is 6.85. The van der Waals surface area contributed by atoms with Crippen LogP contribution in [0.2, 0.25) is 0 Å². The van der Waals surface area contributed by atoms with Crippen molar-refractivity contribution in [1.82, 2.24) is 5.01 Å². The van der Waals surface area contributed by atoms with E-state index in [1.165, 1.54) is 13.2 Å². The molecule has 0 saturated carbocycles. The van der Waals surface area contributed by atoms with Gasteiger partial charge in [0.15, 0.2) is 5.78 Å². The van der Waals surface area contributed by atoms with Gasteiger partial charge >= 0.3 is 5.97 Å². The smallest absolute Gasteiger partial charge is 0.339 e. The fourth-order valence-electron chi connectivity index (χ4n) is 5.30. The van der Waals surface area contributed by atoms with Crippen LogP contribution in [0.1, 0.15) is 48.3 Å². The minimum Gasteiger partial charge on any atom is -0.465 e. The lowest BCUT2D eigenvalue weighted by molar-refractivity contribution is -0.136. The van der Waals surface area contributed by atoms with Crippen LogP contribution in [0.5, 0.6) is 0 Å². The van der Waals surface area contributed by atoms with Gasteiger partial charge in [-0.05, 0) is 23.3 Å². The second-order valence-electron chi connectivity index (χ2n) is 9.83. The molecule has 4 atom stereocenters. The summed E-state index contributed by atoms with van der Waals surface area (Å²) in [6, 6.07) is 12.5. The fraction of sp³-hybridized carbons (Fsp3) is 0.346. The molecular weight excluding hydrogens is 434 g/mol. The molecule has 8 heteroatoms. The van der Waals surface area contributed by atoms with Crippen molar-refractivity contribution in [2.24, 2.45) is 22.4 Å². The Morgan fingerprint density at radius 2 is 1.59 bits per heavy atom. The summed E-state index contributed by atoms with van der Waals surface area (Å²) in [5, 5.41) is 6.19. The number of nitrogens with zero attached hydrogens (tertiary/aromatic N) is 3. The predicted molar refractivity (Wildman–Crippen MR) is 124 cm³/mol. The molecule has 34 heavy (non-hydrogen) atoms. The lowest BCUT2D eigenvalue weighted by Crippen LogP contribution is -2.48. The highest BCUT2D eigenvalue weighted by atomic mass is 16.5. The number of Topliss-reactive ketones (excluding diaryl/α,β-unsaturated/α-hetero) is 1. The minimum atomic E-state index is -0.918. The number of anilines is 1. The Morgan fingerprint density at radius 1 is 0.941 bits per heavy atom. The summed E-state index contributed by atoms with van der Waals surface area (Å²) in [5.74, 6) is -3.49. The van der Waals surface area contributed by atoms with Gasteiger partial charge in [0.05, 0.1) is 42.5 Å². The SMILES string of the molecule is COC(=O)c1ccccc1N1C(=O)[C@@H]2[C@H](C1=O)[C@H]1c3ccccc3C=NN1[C@H]2C(=O)C(C)(C)C. The molecular formula is C26H25N3O5. The Labute approximate surface area is 197 Å². The van der Waals surface area contributed by atoms with E-state index in [9.17, 15) is 19.2 Å². The number of ketones is 1. The van der Waals surface area contributed by atoms with E-state index in [0.717, 1.165) is 16.0 Å². The number of rotatable bonds is 3. The zero-order valence-electron chi connectivity index (χ0n) is 19.4. The average molecular weight is 460 g/mol. The second-order valence-corrected chi connectivity index (χ2v) is 9.83. The number of carbonyl (C=O) groups excluding carboxylic acids is 4. The van der Waals surface area contributed by atoms with E-state index in [1.807, 2.05) is 24.3 Å². The van der Waals surface area contributed by atoms with Crippen molar-refractivity contribution in [2.75, 3.05) is 12.0 Å². The number of benzene rings is 2. The first kappa shape index (κ1) is 22.0. The molecule has 0 bridgehead atoms. The number of hydrazone groups is 1. The first-order valence-corrected chi connectivity index (χ1v) is 11.2. The molecule has 3 aliphatic rings. The molecule has 2 amide bonds. The van der Waals surface area contributed by atoms with Crippen LogP contribution in [-0.4, -0.2) is 47.9 Å². The number of methoxy groups -OCH3 is 1. The Hall–Kier alpha value is -3.81. The van der Waals surface area contributed by atoms with Crippen LogP contribution in [0.15, 0.2) is 53.6 Å². The zero-order valence-corrected chi connectivity index (χ0v) is 19.4. The van der Waals surface area contributed by atoms with Crippen LogP contribution < -0.4 is 4.90 Å². The number of ether oxygens (including phenoxy) is 1. The molecule has 3 heterocycles. The third kappa shape index (κ3) is 3.01. The minimum absolute atomic E-state index is 0.115. The highest BCUT2D eigenvalue weighted by Gasteiger charge is 2.66. The topological polar surface area (TPSA) is 96.3 Å². The van der Waals surface area contributed by atoms with Crippen LogP contribution in [0, 0.1) is 17.3 Å². The second kappa shape index (κ2) is 7.62. The molecule has 0 radical (unpaired) electrons. The molecule has 0 aromatic heterocycles. The average Bonchev–Trinajstić information content (AvgIpc) is 3.30. The molecule has 2 aromatic carbocycles. The first-order valence-electron chi connectivity index (χ1n) is 11.2. The number of amides is 2. The maximum Gasteiger partial charge on any atom is 0.339 e. The quantitative estimate of drug-likeness (QED) is 0.517. The molecule has 3 aliphatic heterocycles. The molecule has 174 valence electrons. The fourth-order valence-corrected chi connectivity index (χ4v) is 5.30. The summed E-state index contributed by atoms with van der Waals surface area (Å²) < 4.78 is 4.87. The number of hydrogen-bond donors (Lipinski definition) is 0. The first-order chi connectivity index (χ1) is 16.2. The number of carbonyl (C=O) groups is 4. The Bertz CT molecular complexity index is 1260. The van der Waals surface area contributed by atoms with Crippen LogP contribution in [-0.2, 0) is 19.1 Å². The Kier molecular flexibility index (Phi) is 4.93. The number of hydrogen-bond acceptors (Lipinski definition) is 7. The Morgan fingerprint density at radius 3 is 2.29 bits per heavy atom. The third-order valence-electron chi connectivity index (χ3n) is 6.85. The van der Waals surface area contributed by atoms with Gasteiger partial charge in [-0.2, -0.15) is 5.10 Å². The van der Waals surface area contributed by atoms with E-state index in [-0.39, 0.29) is 17.0 Å². The summed E-state index contributed by atoms with van der Waals surface area (Å²) in [7, 11) is 1.24. The van der Waals surface area contributed by atoms with Crippen molar-refractivity contribution >= 4 is 35.5 Å². The van der Waals surface area contributed by atoms with Crippen molar-refractivity contribution in [3.8, 4) is 0 Å². The predicted octanol–water partition coefficient (Wildman–Crippen LogP) is 2.97. The van der Waals surface area contributed by atoms with Gasteiger partial charge in [0.1, 0.15) is 6.04 Å². The van der Waals surface area contributed by atoms with Gasteiger partial charge in [-0.3, -0.25) is 19.4 Å². The largest absolute Gasteiger partial charge is 0.465 e. The maximum atomic E-state index is 13.9. The lowest BCUT2D eigenvalue weighted by Gasteiger charge is -2.35. The highest BCUT2D eigenvalue weighted by molar-refractivity contribution is 6.25. The maximum absolute atomic E-state index is 13.9. The Balaban J connectivity index is 1.68. The van der Waals surface area contributed by atoms with Crippen molar-refractivity contribution in [2.45, 2.75) is 32.9 Å². The van der Waals surface area contributed by atoms with Gasteiger partial charge in [-0.25, -0.2) is 9.69 Å². The summed E-state index contributed by atoms with van der Waals surface area (Å²) in [6.07, 6.45) is 1.68. The molecule has 8 nitrogen and oxygen atoms in total. The van der Waals surface area contributed by atoms with Gasteiger partial charge in [0, 0.05) is 5.41 Å². The van der Waals surface area contributed by atoms with E-state index >= 15 is 0 Å². The van der Waals surface area contributed by atoms with Crippen LogP contribution >= 0.6 is 0 Å². The summed E-state index contributed by atoms with van der Waals surface area (Å²) in [6.45, 7) is 5.39. The highest BCUT2D eigenvalue weighted by Crippen LogP contribution is 2.53. The molecule has 2 saturated heterocycles. The van der Waals surface area contributed by atoms with Crippen molar-refractivity contribution in [1.29, 1.82) is 0 Å². The monoisotopic (exact) mass is 459 g/mol. The molecule has 0 N–H and O–H groups in total. The van der Waals surface area contributed by atoms with Gasteiger partial charge < -0.3 is 4.74 Å². The normalized spacial score (nSPS) is 25.2. The number of para-hydroxylation sites is 1. The summed E-state index contributed by atoms with van der Waals surface area (Å²) in [5.41, 5.74) is 1.22. The van der Waals surface area contributed by atoms with E-state index in [0.29, 0.717) is 0 Å². The van der Waals surface area contributed by atoms with E-state index < -0.39 is 47.1 Å².